The molecular weight excluding hydrogens is 304 g/mol. The van der Waals surface area contributed by atoms with Crippen molar-refractivity contribution in [3.8, 4) is 11.5 Å². The van der Waals surface area contributed by atoms with Crippen LogP contribution in [0.5, 0.6) is 11.5 Å². The van der Waals surface area contributed by atoms with Gasteiger partial charge in [-0.15, -0.1) is 0 Å². The summed E-state index contributed by atoms with van der Waals surface area (Å²) in [6.07, 6.45) is 4.40. The van der Waals surface area contributed by atoms with Gasteiger partial charge in [0.25, 0.3) is 0 Å². The van der Waals surface area contributed by atoms with Crippen LogP contribution in [0, 0.1) is 5.92 Å². The number of amides is 2. The van der Waals surface area contributed by atoms with Gasteiger partial charge in [-0.3, -0.25) is 0 Å². The number of hydrogen-bond donors (Lipinski definition) is 1. The zero-order chi connectivity index (χ0) is 17.2. The lowest BCUT2D eigenvalue weighted by molar-refractivity contribution is 0.173. The molecule has 0 aromatic heterocycles. The summed E-state index contributed by atoms with van der Waals surface area (Å²) in [6.45, 7) is 4.69. The first kappa shape index (κ1) is 16.9. The van der Waals surface area contributed by atoms with Gasteiger partial charge in [0.1, 0.15) is 0 Å². The Balaban J connectivity index is 1.61. The molecule has 24 heavy (non-hydrogen) atoms. The minimum atomic E-state index is 0.0539. The molecule has 0 bridgehead atoms. The maximum atomic E-state index is 12.4. The van der Waals surface area contributed by atoms with Crippen LogP contribution in [0.4, 0.5) is 4.79 Å². The Kier molecular flexibility index (Phi) is 4.88. The SMILES string of the molecule is COc1ccc(C2(CNC(=O)N3CCC(C)CC3)CC2)cc1OC. The number of carbonyl (C=O) groups is 1. The molecule has 0 radical (unpaired) electrons. The molecule has 2 amide bonds. The minimum absolute atomic E-state index is 0.0539. The summed E-state index contributed by atoms with van der Waals surface area (Å²) in [4.78, 5) is 14.4. The van der Waals surface area contributed by atoms with E-state index in [4.69, 9.17) is 9.47 Å². The van der Waals surface area contributed by atoms with Crippen LogP contribution in [-0.2, 0) is 5.41 Å². The van der Waals surface area contributed by atoms with Crippen LogP contribution in [0.3, 0.4) is 0 Å². The quantitative estimate of drug-likeness (QED) is 0.901. The average molecular weight is 332 g/mol. The minimum Gasteiger partial charge on any atom is -0.493 e. The fourth-order valence-corrected chi connectivity index (χ4v) is 3.45. The molecule has 0 unspecified atom stereocenters. The molecule has 1 saturated heterocycles. The highest BCUT2D eigenvalue weighted by Crippen LogP contribution is 2.49. The predicted octanol–water partition coefficient (Wildman–Crippen LogP) is 3.18. The van der Waals surface area contributed by atoms with Crippen LogP contribution in [0.15, 0.2) is 18.2 Å². The second-order valence-corrected chi connectivity index (χ2v) is 7.18. The van der Waals surface area contributed by atoms with Gasteiger partial charge in [0, 0.05) is 25.0 Å². The van der Waals surface area contributed by atoms with Crippen molar-refractivity contribution in [3.05, 3.63) is 23.8 Å². The van der Waals surface area contributed by atoms with E-state index in [1.165, 1.54) is 5.56 Å². The fraction of sp³-hybridized carbons (Fsp3) is 0.632. The highest BCUT2D eigenvalue weighted by atomic mass is 16.5. The van der Waals surface area contributed by atoms with Crippen LogP contribution in [-0.4, -0.2) is 44.8 Å². The molecule has 2 fully saturated rings. The van der Waals surface area contributed by atoms with E-state index in [0.717, 1.165) is 56.2 Å². The van der Waals surface area contributed by atoms with E-state index in [0.29, 0.717) is 6.54 Å². The molecule has 0 spiro atoms. The number of hydrogen-bond acceptors (Lipinski definition) is 3. The standard InChI is InChI=1S/C19H28N2O3/c1-14-6-10-21(11-7-14)18(22)20-13-19(8-9-19)15-4-5-16(23-2)17(12-15)24-3/h4-5,12,14H,6-11,13H2,1-3H3,(H,20,22). The van der Waals surface area contributed by atoms with Gasteiger partial charge >= 0.3 is 6.03 Å². The predicted molar refractivity (Wildman–Crippen MR) is 93.8 cm³/mol. The molecule has 1 saturated carbocycles. The smallest absolute Gasteiger partial charge is 0.317 e. The first-order valence-electron chi connectivity index (χ1n) is 8.83. The van der Waals surface area contributed by atoms with E-state index in [2.05, 4.69) is 18.3 Å². The normalized spacial score (nSPS) is 19.7. The summed E-state index contributed by atoms with van der Waals surface area (Å²) in [6, 6.07) is 6.15. The van der Waals surface area contributed by atoms with Crippen molar-refractivity contribution in [3.63, 3.8) is 0 Å². The van der Waals surface area contributed by atoms with Crippen LogP contribution in [0.1, 0.15) is 38.2 Å². The third-order valence-electron chi connectivity index (χ3n) is 5.50. The third-order valence-corrected chi connectivity index (χ3v) is 5.50. The van der Waals surface area contributed by atoms with Crippen LogP contribution >= 0.6 is 0 Å². The van der Waals surface area contributed by atoms with Gasteiger partial charge in [0.05, 0.1) is 14.2 Å². The number of benzene rings is 1. The first-order chi connectivity index (χ1) is 11.6. The second kappa shape index (κ2) is 6.91. The number of urea groups is 1. The Labute approximate surface area is 144 Å². The molecular formula is C19H28N2O3. The summed E-state index contributed by atoms with van der Waals surface area (Å²) in [7, 11) is 3.30. The van der Waals surface area contributed by atoms with Crippen molar-refractivity contribution in [2.45, 2.75) is 38.0 Å². The van der Waals surface area contributed by atoms with Crippen molar-refractivity contribution in [1.29, 1.82) is 0 Å². The van der Waals surface area contributed by atoms with Gasteiger partial charge in [-0.1, -0.05) is 13.0 Å². The summed E-state index contributed by atoms with van der Waals surface area (Å²) < 4.78 is 10.7. The van der Waals surface area contributed by atoms with Gasteiger partial charge in [0.15, 0.2) is 11.5 Å². The molecule has 1 aliphatic carbocycles. The summed E-state index contributed by atoms with van der Waals surface area (Å²) >= 11 is 0. The zero-order valence-electron chi connectivity index (χ0n) is 14.9. The molecule has 5 heteroatoms. The van der Waals surface area contributed by atoms with Crippen LogP contribution < -0.4 is 14.8 Å². The molecule has 132 valence electrons. The first-order valence-corrected chi connectivity index (χ1v) is 8.83. The van der Waals surface area contributed by atoms with Crippen molar-refractivity contribution in [1.82, 2.24) is 10.2 Å². The molecule has 1 aromatic rings. The highest BCUT2D eigenvalue weighted by Gasteiger charge is 2.45. The summed E-state index contributed by atoms with van der Waals surface area (Å²) in [5.41, 5.74) is 1.27. The van der Waals surface area contributed by atoms with E-state index in [1.54, 1.807) is 14.2 Å². The lowest BCUT2D eigenvalue weighted by Crippen LogP contribution is -2.46. The number of rotatable bonds is 5. The van der Waals surface area contributed by atoms with Gasteiger partial charge in [-0.05, 0) is 49.3 Å². The molecule has 5 nitrogen and oxygen atoms in total. The van der Waals surface area contributed by atoms with Gasteiger partial charge < -0.3 is 19.7 Å². The molecule has 0 atom stereocenters. The van der Waals surface area contributed by atoms with E-state index < -0.39 is 0 Å². The van der Waals surface area contributed by atoms with Crippen molar-refractivity contribution in [2.75, 3.05) is 33.9 Å². The number of piperidine rings is 1. The van der Waals surface area contributed by atoms with Crippen molar-refractivity contribution >= 4 is 6.03 Å². The second-order valence-electron chi connectivity index (χ2n) is 7.18. The number of methoxy groups -OCH3 is 2. The zero-order valence-corrected chi connectivity index (χ0v) is 14.9. The number of ether oxygens (including phenoxy) is 2. The number of carbonyl (C=O) groups excluding carboxylic acids is 1. The summed E-state index contributed by atoms with van der Waals surface area (Å²) in [5.74, 6) is 2.22. The van der Waals surface area contributed by atoms with Gasteiger partial charge in [-0.25, -0.2) is 4.79 Å². The maximum Gasteiger partial charge on any atom is 0.317 e. The third kappa shape index (κ3) is 3.45. The lowest BCUT2D eigenvalue weighted by atomic mass is 9.95. The molecule has 1 heterocycles. The Hall–Kier alpha value is -1.91. The van der Waals surface area contributed by atoms with Crippen molar-refractivity contribution < 1.29 is 14.3 Å². The lowest BCUT2D eigenvalue weighted by Gasteiger charge is -2.31. The topological polar surface area (TPSA) is 50.8 Å². The molecule has 1 N–H and O–H groups in total. The molecule has 1 aromatic carbocycles. The Morgan fingerprint density at radius 2 is 1.88 bits per heavy atom. The Morgan fingerprint density at radius 3 is 2.46 bits per heavy atom. The average Bonchev–Trinajstić information content (AvgIpc) is 3.41. The molecule has 3 rings (SSSR count). The largest absolute Gasteiger partial charge is 0.493 e. The van der Waals surface area contributed by atoms with E-state index in [9.17, 15) is 4.79 Å². The van der Waals surface area contributed by atoms with Crippen LogP contribution in [0.25, 0.3) is 0 Å². The molecule has 2 aliphatic rings. The fourth-order valence-electron chi connectivity index (χ4n) is 3.45. The molecule has 1 aliphatic heterocycles. The monoisotopic (exact) mass is 332 g/mol. The van der Waals surface area contributed by atoms with E-state index >= 15 is 0 Å². The Bertz CT molecular complexity index is 590. The van der Waals surface area contributed by atoms with Crippen molar-refractivity contribution in [2.24, 2.45) is 5.92 Å². The van der Waals surface area contributed by atoms with Crippen LogP contribution in [0.2, 0.25) is 0 Å². The van der Waals surface area contributed by atoms with Gasteiger partial charge in [-0.2, -0.15) is 0 Å². The number of nitrogens with one attached hydrogen (secondary N) is 1. The Morgan fingerprint density at radius 1 is 1.21 bits per heavy atom. The van der Waals surface area contributed by atoms with E-state index in [1.807, 2.05) is 17.0 Å². The maximum absolute atomic E-state index is 12.4. The van der Waals surface area contributed by atoms with Gasteiger partial charge in [0.2, 0.25) is 0 Å². The van der Waals surface area contributed by atoms with E-state index in [-0.39, 0.29) is 11.4 Å². The number of likely N-dealkylation sites (tertiary alicyclic amines) is 1. The summed E-state index contributed by atoms with van der Waals surface area (Å²) in [5, 5.41) is 3.15. The highest BCUT2D eigenvalue weighted by molar-refractivity contribution is 5.74. The number of nitrogens with zero attached hydrogens (tertiary/aromatic N) is 1.